The SMILES string of the molecule is CCn1cnc2c(-c3ccc(F)c(OCc4nccn4C)c3)cnnc21. The highest BCUT2D eigenvalue weighted by atomic mass is 19.1. The maximum Gasteiger partial charge on any atom is 0.183 e. The number of hydrogen-bond donors (Lipinski definition) is 0. The zero-order chi connectivity index (χ0) is 18.1. The van der Waals surface area contributed by atoms with Crippen LogP contribution in [0.15, 0.2) is 43.1 Å². The van der Waals surface area contributed by atoms with Crippen LogP contribution in [0.1, 0.15) is 12.7 Å². The number of aryl methyl sites for hydroxylation is 2. The number of benzene rings is 1. The molecule has 0 spiro atoms. The molecular weight excluding hydrogens is 335 g/mol. The first-order valence-corrected chi connectivity index (χ1v) is 8.22. The second kappa shape index (κ2) is 6.55. The highest BCUT2D eigenvalue weighted by Gasteiger charge is 2.14. The number of aromatic nitrogens is 6. The molecule has 0 N–H and O–H groups in total. The Hall–Kier alpha value is -3.29. The molecule has 26 heavy (non-hydrogen) atoms. The van der Waals surface area contributed by atoms with Gasteiger partial charge >= 0.3 is 0 Å². The molecule has 132 valence electrons. The van der Waals surface area contributed by atoms with E-state index in [1.54, 1.807) is 30.9 Å². The summed E-state index contributed by atoms with van der Waals surface area (Å²) in [5.41, 5.74) is 2.97. The average molecular weight is 352 g/mol. The third-order valence-electron chi connectivity index (χ3n) is 4.27. The van der Waals surface area contributed by atoms with E-state index in [9.17, 15) is 4.39 Å². The molecule has 0 aliphatic carbocycles. The molecule has 0 atom stereocenters. The van der Waals surface area contributed by atoms with Crippen LogP contribution < -0.4 is 4.74 Å². The standard InChI is InChI=1S/C18H17FN6O/c1-3-25-11-21-17-13(9-22-23-18(17)25)12-4-5-14(19)15(8-12)26-10-16-20-6-7-24(16)2/h4-9,11H,3,10H2,1-2H3. The van der Waals surface area contributed by atoms with Crippen molar-refractivity contribution in [2.45, 2.75) is 20.1 Å². The summed E-state index contributed by atoms with van der Waals surface area (Å²) in [4.78, 5) is 8.61. The van der Waals surface area contributed by atoms with Gasteiger partial charge in [0.1, 0.15) is 17.9 Å². The number of fused-ring (bicyclic) bond motifs is 1. The zero-order valence-electron chi connectivity index (χ0n) is 14.4. The lowest BCUT2D eigenvalue weighted by Gasteiger charge is -2.10. The number of halogens is 1. The first-order chi connectivity index (χ1) is 12.7. The molecular formula is C18H17FN6O. The topological polar surface area (TPSA) is 70.7 Å². The Labute approximate surface area is 149 Å². The van der Waals surface area contributed by atoms with Crippen molar-refractivity contribution in [2.24, 2.45) is 7.05 Å². The minimum absolute atomic E-state index is 0.158. The van der Waals surface area contributed by atoms with E-state index in [-0.39, 0.29) is 12.4 Å². The van der Waals surface area contributed by atoms with Crippen molar-refractivity contribution >= 4 is 11.2 Å². The third-order valence-corrected chi connectivity index (χ3v) is 4.27. The Bertz CT molecular complexity index is 1070. The van der Waals surface area contributed by atoms with Gasteiger partial charge in [-0.1, -0.05) is 6.07 Å². The van der Waals surface area contributed by atoms with E-state index >= 15 is 0 Å². The Morgan fingerprint density at radius 3 is 2.88 bits per heavy atom. The third kappa shape index (κ3) is 2.79. The monoisotopic (exact) mass is 352 g/mol. The van der Waals surface area contributed by atoms with E-state index in [0.717, 1.165) is 23.2 Å². The van der Waals surface area contributed by atoms with Gasteiger partial charge in [0.2, 0.25) is 0 Å². The molecule has 8 heteroatoms. The Balaban J connectivity index is 1.70. The van der Waals surface area contributed by atoms with Crippen LogP contribution in [0.3, 0.4) is 0 Å². The summed E-state index contributed by atoms with van der Waals surface area (Å²) in [6.45, 7) is 2.94. The Morgan fingerprint density at radius 2 is 2.12 bits per heavy atom. The lowest BCUT2D eigenvalue weighted by Crippen LogP contribution is -2.04. The summed E-state index contributed by atoms with van der Waals surface area (Å²) in [5.74, 6) is 0.440. The summed E-state index contributed by atoms with van der Waals surface area (Å²) in [5, 5.41) is 8.21. The van der Waals surface area contributed by atoms with Gasteiger partial charge in [0.15, 0.2) is 17.2 Å². The first kappa shape index (κ1) is 16.2. The van der Waals surface area contributed by atoms with Crippen molar-refractivity contribution < 1.29 is 9.13 Å². The summed E-state index contributed by atoms with van der Waals surface area (Å²) in [6.07, 6.45) is 6.85. The van der Waals surface area contributed by atoms with E-state index in [1.165, 1.54) is 6.07 Å². The zero-order valence-corrected chi connectivity index (χ0v) is 14.4. The van der Waals surface area contributed by atoms with Crippen LogP contribution in [0.25, 0.3) is 22.3 Å². The fraction of sp³-hybridized carbons (Fsp3) is 0.222. The maximum atomic E-state index is 14.2. The lowest BCUT2D eigenvalue weighted by atomic mass is 10.1. The normalized spacial score (nSPS) is 11.2. The Morgan fingerprint density at radius 1 is 1.23 bits per heavy atom. The smallest absolute Gasteiger partial charge is 0.183 e. The largest absolute Gasteiger partial charge is 0.483 e. The fourth-order valence-corrected chi connectivity index (χ4v) is 2.78. The fourth-order valence-electron chi connectivity index (χ4n) is 2.78. The highest BCUT2D eigenvalue weighted by molar-refractivity contribution is 5.89. The van der Waals surface area contributed by atoms with Crippen molar-refractivity contribution in [3.63, 3.8) is 0 Å². The summed E-state index contributed by atoms with van der Waals surface area (Å²) in [6, 6.07) is 4.72. The van der Waals surface area contributed by atoms with E-state index in [1.807, 2.05) is 29.3 Å². The number of imidazole rings is 2. The summed E-state index contributed by atoms with van der Waals surface area (Å²) < 4.78 is 23.6. The molecule has 0 radical (unpaired) electrons. The van der Waals surface area contributed by atoms with Crippen LogP contribution in [0.2, 0.25) is 0 Å². The van der Waals surface area contributed by atoms with Crippen LogP contribution in [0.5, 0.6) is 5.75 Å². The molecule has 1 aromatic carbocycles. The number of nitrogens with zero attached hydrogens (tertiary/aromatic N) is 6. The summed E-state index contributed by atoms with van der Waals surface area (Å²) >= 11 is 0. The minimum Gasteiger partial charge on any atom is -0.483 e. The van der Waals surface area contributed by atoms with Crippen molar-refractivity contribution in [1.82, 2.24) is 29.3 Å². The molecule has 4 rings (SSSR count). The maximum absolute atomic E-state index is 14.2. The predicted octanol–water partition coefficient (Wildman–Crippen LogP) is 2.96. The molecule has 7 nitrogen and oxygen atoms in total. The van der Waals surface area contributed by atoms with Gasteiger partial charge in [-0.25, -0.2) is 14.4 Å². The molecule has 3 heterocycles. The van der Waals surface area contributed by atoms with Gasteiger partial charge in [-0.2, -0.15) is 5.10 Å². The van der Waals surface area contributed by atoms with Crippen LogP contribution in [0, 0.1) is 5.82 Å². The van der Waals surface area contributed by atoms with E-state index < -0.39 is 5.82 Å². The highest BCUT2D eigenvalue weighted by Crippen LogP contribution is 2.30. The van der Waals surface area contributed by atoms with Gasteiger partial charge in [0, 0.05) is 31.5 Å². The molecule has 0 fully saturated rings. The van der Waals surface area contributed by atoms with Gasteiger partial charge in [-0.15, -0.1) is 5.10 Å². The lowest BCUT2D eigenvalue weighted by molar-refractivity contribution is 0.277. The molecule has 0 unspecified atom stereocenters. The second-order valence-corrected chi connectivity index (χ2v) is 5.85. The molecule has 0 saturated carbocycles. The molecule has 0 bridgehead atoms. The molecule has 3 aromatic heterocycles. The van der Waals surface area contributed by atoms with Crippen molar-refractivity contribution in [3.05, 3.63) is 54.8 Å². The van der Waals surface area contributed by atoms with Crippen molar-refractivity contribution in [1.29, 1.82) is 0 Å². The van der Waals surface area contributed by atoms with Gasteiger partial charge in [0.25, 0.3) is 0 Å². The van der Waals surface area contributed by atoms with Crippen LogP contribution in [-0.4, -0.2) is 29.3 Å². The number of ether oxygens (including phenoxy) is 1. The molecule has 0 aliphatic rings. The van der Waals surface area contributed by atoms with Gasteiger partial charge in [-0.3, -0.25) is 0 Å². The summed E-state index contributed by atoms with van der Waals surface area (Å²) in [7, 11) is 1.86. The molecule has 4 aromatic rings. The predicted molar refractivity (Wildman–Crippen MR) is 93.9 cm³/mol. The average Bonchev–Trinajstić information content (AvgIpc) is 3.26. The van der Waals surface area contributed by atoms with Crippen LogP contribution in [0.4, 0.5) is 4.39 Å². The first-order valence-electron chi connectivity index (χ1n) is 8.22. The van der Waals surface area contributed by atoms with Crippen molar-refractivity contribution in [3.8, 4) is 16.9 Å². The second-order valence-electron chi connectivity index (χ2n) is 5.85. The van der Waals surface area contributed by atoms with Crippen molar-refractivity contribution in [2.75, 3.05) is 0 Å². The van der Waals surface area contributed by atoms with Crippen LogP contribution >= 0.6 is 0 Å². The van der Waals surface area contributed by atoms with Gasteiger partial charge < -0.3 is 13.9 Å². The molecule has 0 aliphatic heterocycles. The van der Waals surface area contributed by atoms with Crippen LogP contribution in [-0.2, 0) is 20.2 Å². The number of hydrogen-bond acceptors (Lipinski definition) is 5. The van der Waals surface area contributed by atoms with Gasteiger partial charge in [-0.05, 0) is 24.6 Å². The van der Waals surface area contributed by atoms with E-state index in [2.05, 4.69) is 20.2 Å². The Kier molecular flexibility index (Phi) is 4.08. The number of rotatable bonds is 5. The molecule has 0 saturated heterocycles. The van der Waals surface area contributed by atoms with Gasteiger partial charge in [0.05, 0.1) is 12.5 Å². The van der Waals surface area contributed by atoms with E-state index in [4.69, 9.17) is 4.74 Å². The quantitative estimate of drug-likeness (QED) is 0.552. The minimum atomic E-state index is -0.430. The van der Waals surface area contributed by atoms with E-state index in [0.29, 0.717) is 11.5 Å². The molecule has 0 amide bonds.